The standard InChI is InChI=1S/C10H12N4OS2/c1-15-4-6-7(9-13-14-10(11)17-9)16-8(12-6)5-2-3-5/h5H,2-4H2,1H3,(H2,11,14). The fourth-order valence-corrected chi connectivity index (χ4v) is 3.54. The van der Waals surface area contributed by atoms with Crippen molar-refractivity contribution in [3.8, 4) is 9.88 Å². The van der Waals surface area contributed by atoms with E-state index in [0.717, 1.165) is 15.6 Å². The summed E-state index contributed by atoms with van der Waals surface area (Å²) in [5.41, 5.74) is 6.57. The lowest BCUT2D eigenvalue weighted by Crippen LogP contribution is -1.90. The van der Waals surface area contributed by atoms with Crippen LogP contribution in [-0.4, -0.2) is 22.3 Å². The summed E-state index contributed by atoms with van der Waals surface area (Å²) in [4.78, 5) is 5.70. The number of hydrogen-bond donors (Lipinski definition) is 1. The first-order valence-electron chi connectivity index (χ1n) is 5.36. The molecule has 2 N–H and O–H groups in total. The maximum absolute atomic E-state index is 5.62. The van der Waals surface area contributed by atoms with Crippen molar-refractivity contribution in [3.05, 3.63) is 10.7 Å². The van der Waals surface area contributed by atoms with Crippen LogP contribution in [0.3, 0.4) is 0 Å². The lowest BCUT2D eigenvalue weighted by atomic mass is 10.4. The molecule has 3 rings (SSSR count). The Morgan fingerprint density at radius 2 is 2.18 bits per heavy atom. The van der Waals surface area contributed by atoms with Crippen molar-refractivity contribution in [1.29, 1.82) is 0 Å². The summed E-state index contributed by atoms with van der Waals surface area (Å²) in [6, 6.07) is 0. The Morgan fingerprint density at radius 1 is 1.35 bits per heavy atom. The molecule has 2 aromatic rings. The van der Waals surface area contributed by atoms with Crippen LogP contribution in [0.1, 0.15) is 29.5 Å². The lowest BCUT2D eigenvalue weighted by molar-refractivity contribution is 0.182. The summed E-state index contributed by atoms with van der Waals surface area (Å²) < 4.78 is 5.18. The van der Waals surface area contributed by atoms with Crippen molar-refractivity contribution in [3.63, 3.8) is 0 Å². The summed E-state index contributed by atoms with van der Waals surface area (Å²) >= 11 is 3.09. The number of anilines is 1. The normalized spacial score (nSPS) is 15.4. The van der Waals surface area contributed by atoms with Gasteiger partial charge in [-0.2, -0.15) is 0 Å². The topological polar surface area (TPSA) is 73.9 Å². The minimum atomic E-state index is 0.490. The van der Waals surface area contributed by atoms with Gasteiger partial charge in [-0.1, -0.05) is 11.3 Å². The number of ether oxygens (including phenoxy) is 1. The van der Waals surface area contributed by atoms with E-state index >= 15 is 0 Å². The third-order valence-electron chi connectivity index (χ3n) is 2.56. The summed E-state index contributed by atoms with van der Waals surface area (Å²) in [6.07, 6.45) is 2.50. The zero-order chi connectivity index (χ0) is 11.8. The van der Waals surface area contributed by atoms with E-state index in [0.29, 0.717) is 17.7 Å². The van der Waals surface area contributed by atoms with E-state index in [-0.39, 0.29) is 0 Å². The molecule has 0 saturated heterocycles. The Kier molecular flexibility index (Phi) is 2.81. The van der Waals surface area contributed by atoms with Gasteiger partial charge in [0.05, 0.1) is 22.2 Å². The average molecular weight is 268 g/mol. The minimum Gasteiger partial charge on any atom is -0.378 e. The van der Waals surface area contributed by atoms with Crippen LogP contribution in [0.4, 0.5) is 5.13 Å². The molecule has 1 fully saturated rings. The largest absolute Gasteiger partial charge is 0.378 e. The smallest absolute Gasteiger partial charge is 0.203 e. The second-order valence-corrected chi connectivity index (χ2v) is 6.02. The Labute approximate surface area is 107 Å². The van der Waals surface area contributed by atoms with Gasteiger partial charge in [0.15, 0.2) is 5.01 Å². The van der Waals surface area contributed by atoms with E-state index in [1.54, 1.807) is 18.4 Å². The van der Waals surface area contributed by atoms with Crippen LogP contribution in [0, 0.1) is 0 Å². The molecular weight excluding hydrogens is 256 g/mol. The summed E-state index contributed by atoms with van der Waals surface area (Å²) in [7, 11) is 1.67. The minimum absolute atomic E-state index is 0.490. The van der Waals surface area contributed by atoms with Crippen LogP contribution < -0.4 is 5.73 Å². The molecule has 0 unspecified atom stereocenters. The number of thiazole rings is 1. The third-order valence-corrected chi connectivity index (χ3v) is 4.72. The van der Waals surface area contributed by atoms with Crippen LogP contribution in [0.15, 0.2) is 0 Å². The first-order valence-corrected chi connectivity index (χ1v) is 6.99. The highest BCUT2D eigenvalue weighted by Crippen LogP contribution is 2.45. The molecular formula is C10H12N4OS2. The maximum Gasteiger partial charge on any atom is 0.203 e. The monoisotopic (exact) mass is 268 g/mol. The highest BCUT2D eigenvalue weighted by molar-refractivity contribution is 7.23. The quantitative estimate of drug-likeness (QED) is 0.920. The van der Waals surface area contributed by atoms with E-state index in [1.165, 1.54) is 29.2 Å². The highest BCUT2D eigenvalue weighted by atomic mass is 32.1. The summed E-state index contributed by atoms with van der Waals surface area (Å²) in [5, 5.41) is 10.5. The van der Waals surface area contributed by atoms with Crippen LogP contribution in [-0.2, 0) is 11.3 Å². The van der Waals surface area contributed by atoms with E-state index in [1.807, 2.05) is 0 Å². The van der Waals surface area contributed by atoms with Crippen LogP contribution in [0.25, 0.3) is 9.88 Å². The number of rotatable bonds is 4. The van der Waals surface area contributed by atoms with E-state index in [9.17, 15) is 0 Å². The molecule has 1 aliphatic carbocycles. The van der Waals surface area contributed by atoms with E-state index < -0.39 is 0 Å². The zero-order valence-corrected chi connectivity index (χ0v) is 11.0. The number of nitrogen functional groups attached to an aromatic ring is 1. The Morgan fingerprint density at radius 3 is 2.76 bits per heavy atom. The van der Waals surface area contributed by atoms with Crippen molar-refractivity contribution in [2.45, 2.75) is 25.4 Å². The van der Waals surface area contributed by atoms with E-state index in [4.69, 9.17) is 10.5 Å². The van der Waals surface area contributed by atoms with Gasteiger partial charge in [-0.3, -0.25) is 0 Å². The van der Waals surface area contributed by atoms with Gasteiger partial charge in [-0.25, -0.2) is 4.98 Å². The molecule has 0 atom stereocenters. The van der Waals surface area contributed by atoms with Gasteiger partial charge in [-0.05, 0) is 12.8 Å². The first kappa shape index (κ1) is 11.1. The molecule has 2 aromatic heterocycles. The predicted octanol–water partition coefficient (Wildman–Crippen LogP) is 2.27. The number of nitrogens with two attached hydrogens (primary N) is 1. The lowest BCUT2D eigenvalue weighted by Gasteiger charge is -1.95. The molecule has 17 heavy (non-hydrogen) atoms. The average Bonchev–Trinajstić information content (AvgIpc) is 2.94. The molecule has 0 amide bonds. The molecule has 0 aliphatic heterocycles. The van der Waals surface area contributed by atoms with Crippen molar-refractivity contribution in [2.75, 3.05) is 12.8 Å². The Balaban J connectivity index is 2.00. The van der Waals surface area contributed by atoms with Crippen molar-refractivity contribution < 1.29 is 4.74 Å². The van der Waals surface area contributed by atoms with Gasteiger partial charge in [0.25, 0.3) is 0 Å². The van der Waals surface area contributed by atoms with Gasteiger partial charge in [0.2, 0.25) is 5.13 Å². The van der Waals surface area contributed by atoms with Crippen molar-refractivity contribution in [2.24, 2.45) is 0 Å². The van der Waals surface area contributed by atoms with Gasteiger partial charge >= 0.3 is 0 Å². The van der Waals surface area contributed by atoms with Crippen molar-refractivity contribution >= 4 is 27.8 Å². The molecule has 1 saturated carbocycles. The highest BCUT2D eigenvalue weighted by Gasteiger charge is 2.29. The second kappa shape index (κ2) is 4.32. The molecule has 0 radical (unpaired) electrons. The number of aromatic nitrogens is 3. The van der Waals surface area contributed by atoms with E-state index in [2.05, 4.69) is 15.2 Å². The molecule has 5 nitrogen and oxygen atoms in total. The third kappa shape index (κ3) is 2.18. The fraction of sp³-hybridized carbons (Fsp3) is 0.500. The van der Waals surface area contributed by atoms with Gasteiger partial charge < -0.3 is 10.5 Å². The Bertz CT molecular complexity index is 532. The van der Waals surface area contributed by atoms with Gasteiger partial charge in [-0.15, -0.1) is 21.5 Å². The van der Waals surface area contributed by atoms with Crippen LogP contribution in [0.2, 0.25) is 0 Å². The molecule has 7 heteroatoms. The fourth-order valence-electron chi connectivity index (χ4n) is 1.60. The molecule has 1 aliphatic rings. The molecule has 90 valence electrons. The molecule has 0 spiro atoms. The zero-order valence-electron chi connectivity index (χ0n) is 9.34. The summed E-state index contributed by atoms with van der Waals surface area (Å²) in [6.45, 7) is 0.512. The number of nitrogens with zero attached hydrogens (tertiary/aromatic N) is 3. The molecule has 2 heterocycles. The van der Waals surface area contributed by atoms with Crippen molar-refractivity contribution in [1.82, 2.24) is 15.2 Å². The SMILES string of the molecule is COCc1nc(C2CC2)sc1-c1nnc(N)s1. The first-order chi connectivity index (χ1) is 8.28. The molecule has 0 bridgehead atoms. The number of methoxy groups -OCH3 is 1. The van der Waals surface area contributed by atoms with Crippen LogP contribution >= 0.6 is 22.7 Å². The Hall–Kier alpha value is -1.05. The maximum atomic E-state index is 5.62. The predicted molar refractivity (Wildman–Crippen MR) is 68.1 cm³/mol. The van der Waals surface area contributed by atoms with Gasteiger partial charge in [0.1, 0.15) is 0 Å². The second-order valence-electron chi connectivity index (χ2n) is 3.98. The summed E-state index contributed by atoms with van der Waals surface area (Å²) in [5.74, 6) is 0.648. The number of hydrogen-bond acceptors (Lipinski definition) is 7. The van der Waals surface area contributed by atoms with Crippen LogP contribution in [0.5, 0.6) is 0 Å². The van der Waals surface area contributed by atoms with Gasteiger partial charge in [0, 0.05) is 13.0 Å². The molecule has 0 aromatic carbocycles.